The fraction of sp³-hybridized carbons (Fsp3) is 0.273. The number of carbonyl (C=O) groups is 1. The third kappa shape index (κ3) is 3.72. The van der Waals surface area contributed by atoms with Crippen LogP contribution in [0.1, 0.15) is 11.3 Å². The number of nitrogens with one attached hydrogen (secondary N) is 1. The average molecular weight is 292 g/mol. The Labute approximate surface area is 118 Å². The van der Waals surface area contributed by atoms with Gasteiger partial charge in [-0.25, -0.2) is 9.67 Å². The third-order valence-corrected chi connectivity index (χ3v) is 2.59. The van der Waals surface area contributed by atoms with Gasteiger partial charge in [-0.3, -0.25) is 14.9 Å². The van der Waals surface area contributed by atoms with Crippen LogP contribution in [0.2, 0.25) is 0 Å². The highest BCUT2D eigenvalue weighted by Gasteiger charge is 2.10. The molecule has 0 aliphatic rings. The number of aliphatic carboxylic acids is 1. The van der Waals surface area contributed by atoms with Crippen molar-refractivity contribution in [1.82, 2.24) is 20.0 Å². The molecule has 0 fully saturated rings. The van der Waals surface area contributed by atoms with E-state index in [1.807, 2.05) is 0 Å². The van der Waals surface area contributed by atoms with Crippen LogP contribution in [-0.2, 0) is 17.9 Å². The number of carboxylic acid groups (broad SMARTS) is 1. The maximum absolute atomic E-state index is 10.6. The summed E-state index contributed by atoms with van der Waals surface area (Å²) < 4.78 is 1.20. The zero-order valence-corrected chi connectivity index (χ0v) is 11.1. The van der Waals surface area contributed by atoms with Gasteiger partial charge in [0.25, 0.3) is 5.69 Å². The van der Waals surface area contributed by atoms with E-state index in [-0.39, 0.29) is 18.8 Å². The second-order valence-electron chi connectivity index (χ2n) is 4.27. The van der Waals surface area contributed by atoms with Crippen molar-refractivity contribution in [3.63, 3.8) is 0 Å². The lowest BCUT2D eigenvalue weighted by Gasteiger charge is -2.05. The van der Waals surface area contributed by atoms with Gasteiger partial charge in [0, 0.05) is 6.07 Å². The summed E-state index contributed by atoms with van der Waals surface area (Å²) >= 11 is 0. The van der Waals surface area contributed by atoms with Crippen LogP contribution in [0.25, 0.3) is 0 Å². The van der Waals surface area contributed by atoms with Crippen LogP contribution in [0.5, 0.6) is 0 Å². The number of carboxylic acids is 1. The van der Waals surface area contributed by atoms with E-state index in [9.17, 15) is 14.9 Å². The largest absolute Gasteiger partial charge is 0.480 e. The summed E-state index contributed by atoms with van der Waals surface area (Å²) in [5.41, 5.74) is 1.09. The Morgan fingerprint density at radius 1 is 1.57 bits per heavy atom. The molecule has 0 aliphatic heterocycles. The second kappa shape index (κ2) is 5.94. The van der Waals surface area contributed by atoms with Crippen LogP contribution < -0.4 is 5.32 Å². The van der Waals surface area contributed by atoms with E-state index in [2.05, 4.69) is 20.6 Å². The van der Waals surface area contributed by atoms with E-state index >= 15 is 0 Å². The second-order valence-corrected chi connectivity index (χ2v) is 4.27. The molecule has 0 atom stereocenters. The Morgan fingerprint density at radius 2 is 2.33 bits per heavy atom. The van der Waals surface area contributed by atoms with Crippen LogP contribution in [0.3, 0.4) is 0 Å². The number of aryl methyl sites for hydroxylation is 1. The topological polar surface area (TPSA) is 136 Å². The number of hydrogen-bond donors (Lipinski definition) is 2. The minimum absolute atomic E-state index is 0.0783. The summed E-state index contributed by atoms with van der Waals surface area (Å²) in [5, 5.41) is 29.7. The predicted molar refractivity (Wildman–Crippen MR) is 70.6 cm³/mol. The third-order valence-electron chi connectivity index (χ3n) is 2.59. The summed E-state index contributed by atoms with van der Waals surface area (Å²) in [6.45, 7) is 1.72. The molecule has 0 amide bonds. The molecular weight excluding hydrogens is 280 g/mol. The van der Waals surface area contributed by atoms with Gasteiger partial charge in [0.1, 0.15) is 24.3 Å². The molecule has 0 unspecified atom stereocenters. The Morgan fingerprint density at radius 3 is 2.95 bits per heavy atom. The summed E-state index contributed by atoms with van der Waals surface area (Å²) in [7, 11) is 0. The molecule has 0 radical (unpaired) electrons. The fourth-order valence-electron chi connectivity index (χ4n) is 1.65. The van der Waals surface area contributed by atoms with E-state index in [1.165, 1.54) is 16.9 Å². The first kappa shape index (κ1) is 14.4. The molecule has 2 aromatic heterocycles. The molecule has 2 aromatic rings. The van der Waals surface area contributed by atoms with E-state index in [0.29, 0.717) is 17.1 Å². The molecule has 0 aliphatic carbocycles. The minimum atomic E-state index is -1.01. The number of rotatable bonds is 6. The number of anilines is 1. The van der Waals surface area contributed by atoms with Crippen molar-refractivity contribution in [3.8, 4) is 0 Å². The highest BCUT2D eigenvalue weighted by molar-refractivity contribution is 5.66. The first-order chi connectivity index (χ1) is 9.95. The number of nitro groups is 1. The van der Waals surface area contributed by atoms with Crippen LogP contribution in [0, 0.1) is 17.0 Å². The Balaban J connectivity index is 2.01. The highest BCUT2D eigenvalue weighted by atomic mass is 16.6. The molecule has 2 rings (SSSR count). The molecule has 2 heterocycles. The van der Waals surface area contributed by atoms with Crippen LogP contribution in [-0.4, -0.2) is 36.0 Å². The van der Waals surface area contributed by atoms with Crippen LogP contribution in [0.15, 0.2) is 18.5 Å². The molecule has 0 aromatic carbocycles. The highest BCUT2D eigenvalue weighted by Crippen LogP contribution is 2.18. The Bertz CT molecular complexity index is 683. The number of pyridine rings is 1. The van der Waals surface area contributed by atoms with Gasteiger partial charge in [0.2, 0.25) is 0 Å². The zero-order chi connectivity index (χ0) is 15.4. The van der Waals surface area contributed by atoms with Crippen molar-refractivity contribution in [1.29, 1.82) is 0 Å². The SMILES string of the molecule is Cc1cc([N+](=O)[O-])cnc1NCc1cn(CC(=O)O)nn1. The molecular formula is C11H12N6O4. The molecule has 0 bridgehead atoms. The lowest BCUT2D eigenvalue weighted by atomic mass is 10.2. The quantitative estimate of drug-likeness (QED) is 0.583. The molecule has 21 heavy (non-hydrogen) atoms. The lowest BCUT2D eigenvalue weighted by Crippen LogP contribution is -2.09. The molecule has 10 nitrogen and oxygen atoms in total. The van der Waals surface area contributed by atoms with Crippen molar-refractivity contribution in [2.75, 3.05) is 5.32 Å². The predicted octanol–water partition coefficient (Wildman–Crippen LogP) is 0.586. The van der Waals surface area contributed by atoms with E-state index in [1.54, 1.807) is 6.92 Å². The monoisotopic (exact) mass is 292 g/mol. The number of nitrogens with zero attached hydrogens (tertiary/aromatic N) is 5. The lowest BCUT2D eigenvalue weighted by molar-refractivity contribution is -0.385. The van der Waals surface area contributed by atoms with Gasteiger partial charge in [-0.2, -0.15) is 0 Å². The van der Waals surface area contributed by atoms with Gasteiger partial charge in [-0.1, -0.05) is 5.21 Å². The molecule has 10 heteroatoms. The van der Waals surface area contributed by atoms with Gasteiger partial charge in [0.15, 0.2) is 0 Å². The van der Waals surface area contributed by atoms with E-state index in [0.717, 1.165) is 6.20 Å². The van der Waals surface area contributed by atoms with Crippen LogP contribution >= 0.6 is 0 Å². The average Bonchev–Trinajstić information content (AvgIpc) is 2.83. The number of hydrogen-bond acceptors (Lipinski definition) is 7. The van der Waals surface area contributed by atoms with E-state index < -0.39 is 10.9 Å². The fourth-order valence-corrected chi connectivity index (χ4v) is 1.65. The molecule has 0 spiro atoms. The summed E-state index contributed by atoms with van der Waals surface area (Å²) in [5.74, 6) is -0.513. The summed E-state index contributed by atoms with van der Waals surface area (Å²) in [4.78, 5) is 24.6. The van der Waals surface area contributed by atoms with Crippen molar-refractivity contribution in [3.05, 3.63) is 39.8 Å². The first-order valence-corrected chi connectivity index (χ1v) is 5.91. The summed E-state index contributed by atoms with van der Waals surface area (Å²) in [6.07, 6.45) is 2.67. The normalized spacial score (nSPS) is 10.3. The van der Waals surface area contributed by atoms with E-state index in [4.69, 9.17) is 5.11 Å². The molecule has 110 valence electrons. The van der Waals surface area contributed by atoms with Gasteiger partial charge >= 0.3 is 5.97 Å². The molecule has 0 saturated heterocycles. The first-order valence-electron chi connectivity index (χ1n) is 5.91. The van der Waals surface area contributed by atoms with Gasteiger partial charge < -0.3 is 10.4 Å². The van der Waals surface area contributed by atoms with Gasteiger partial charge in [-0.05, 0) is 12.5 Å². The molecule has 2 N–H and O–H groups in total. The number of aromatic nitrogens is 4. The zero-order valence-electron chi connectivity index (χ0n) is 11.1. The standard InChI is InChI=1S/C11H12N6O4/c1-7-2-9(17(20)21)4-13-11(7)12-3-8-5-16(15-14-8)6-10(18)19/h2,4-5H,3,6H2,1H3,(H,12,13)(H,18,19). The maximum Gasteiger partial charge on any atom is 0.325 e. The Hall–Kier alpha value is -3.04. The Kier molecular flexibility index (Phi) is 4.07. The maximum atomic E-state index is 10.6. The van der Waals surface area contributed by atoms with Crippen molar-refractivity contribution in [2.24, 2.45) is 0 Å². The van der Waals surface area contributed by atoms with Crippen LogP contribution in [0.4, 0.5) is 11.5 Å². The molecule has 0 saturated carbocycles. The minimum Gasteiger partial charge on any atom is -0.480 e. The van der Waals surface area contributed by atoms with Crippen molar-refractivity contribution in [2.45, 2.75) is 20.0 Å². The van der Waals surface area contributed by atoms with Gasteiger partial charge in [-0.15, -0.1) is 5.10 Å². The van der Waals surface area contributed by atoms with Crippen molar-refractivity contribution >= 4 is 17.5 Å². The van der Waals surface area contributed by atoms with Gasteiger partial charge in [0.05, 0.1) is 17.7 Å². The smallest absolute Gasteiger partial charge is 0.325 e. The van der Waals surface area contributed by atoms with Crippen molar-refractivity contribution < 1.29 is 14.8 Å². The summed E-state index contributed by atoms with van der Waals surface area (Å²) in [6, 6.07) is 1.41.